The van der Waals surface area contributed by atoms with E-state index in [9.17, 15) is 18.0 Å². The van der Waals surface area contributed by atoms with E-state index in [1.54, 1.807) is 61.5 Å². The summed E-state index contributed by atoms with van der Waals surface area (Å²) in [5.41, 5.74) is 6.33. The molecule has 1 amide bonds. The summed E-state index contributed by atoms with van der Waals surface area (Å²) >= 11 is 5.83. The van der Waals surface area contributed by atoms with Gasteiger partial charge in [-0.15, -0.1) is 5.10 Å². The summed E-state index contributed by atoms with van der Waals surface area (Å²) in [7, 11) is -4.13. The number of ether oxygens (including phenoxy) is 1. The van der Waals surface area contributed by atoms with Crippen LogP contribution in [0.15, 0.2) is 59.6 Å². The van der Waals surface area contributed by atoms with Crippen LogP contribution in [0.2, 0.25) is 5.02 Å². The van der Waals surface area contributed by atoms with Gasteiger partial charge in [-0.05, 0) is 36.8 Å². The molecule has 162 valence electrons. The molecule has 9 nitrogen and oxygen atoms in total. The van der Waals surface area contributed by atoms with Gasteiger partial charge in [-0.1, -0.05) is 41.9 Å². The predicted molar refractivity (Wildman–Crippen MR) is 116 cm³/mol. The molecule has 3 rings (SSSR count). The van der Waals surface area contributed by atoms with Crippen molar-refractivity contribution >= 4 is 44.9 Å². The van der Waals surface area contributed by atoms with Crippen LogP contribution in [0.5, 0.6) is 0 Å². The van der Waals surface area contributed by atoms with Gasteiger partial charge in [0.15, 0.2) is 5.03 Å². The number of aromatic nitrogens is 2. The Bertz CT molecular complexity index is 1210. The van der Waals surface area contributed by atoms with Gasteiger partial charge in [-0.25, -0.2) is 18.0 Å². The molecule has 0 bridgehead atoms. The number of nitrogens with one attached hydrogen (secondary N) is 1. The summed E-state index contributed by atoms with van der Waals surface area (Å²) in [6, 6.07) is 13.7. The quantitative estimate of drug-likeness (QED) is 0.536. The molecule has 3 aromatic rings. The summed E-state index contributed by atoms with van der Waals surface area (Å²) < 4.78 is 31.6. The number of rotatable bonds is 6. The largest absolute Gasteiger partial charge is 0.462 e. The fourth-order valence-corrected chi connectivity index (χ4v) is 4.35. The maximum absolute atomic E-state index is 13.0. The number of nitrogen functional groups attached to an aromatic ring is 1. The van der Waals surface area contributed by atoms with Gasteiger partial charge >= 0.3 is 12.0 Å². The molecule has 0 saturated carbocycles. The molecular weight excluding hydrogens is 444 g/mol. The first-order valence-corrected chi connectivity index (χ1v) is 11.1. The molecule has 0 radical (unpaired) electrons. The molecule has 0 atom stereocenters. The lowest BCUT2D eigenvalue weighted by Crippen LogP contribution is -2.23. The van der Waals surface area contributed by atoms with Crippen molar-refractivity contribution in [1.82, 2.24) is 9.78 Å². The number of esters is 1. The third kappa shape index (κ3) is 5.04. The maximum Gasteiger partial charge on any atom is 0.348 e. The van der Waals surface area contributed by atoms with Crippen molar-refractivity contribution in [2.45, 2.75) is 17.7 Å². The van der Waals surface area contributed by atoms with Gasteiger partial charge < -0.3 is 15.8 Å². The Morgan fingerprint density at radius 3 is 2.39 bits per heavy atom. The number of amides is 1. The second-order valence-electron chi connectivity index (χ2n) is 6.38. The van der Waals surface area contributed by atoms with Gasteiger partial charge in [-0.3, -0.25) is 0 Å². The van der Waals surface area contributed by atoms with Crippen molar-refractivity contribution in [3.05, 3.63) is 70.7 Å². The zero-order chi connectivity index (χ0) is 22.6. The highest BCUT2D eigenvalue weighted by Crippen LogP contribution is 2.26. The molecule has 0 unspecified atom stereocenters. The Morgan fingerprint density at radius 2 is 1.77 bits per heavy atom. The minimum atomic E-state index is -4.13. The van der Waals surface area contributed by atoms with Crippen LogP contribution in [0.3, 0.4) is 0 Å². The number of sulfone groups is 1. The number of benzene rings is 2. The number of halogens is 1. The smallest absolute Gasteiger partial charge is 0.348 e. The first kappa shape index (κ1) is 22.3. The summed E-state index contributed by atoms with van der Waals surface area (Å²) in [5, 5.41) is 6.22. The van der Waals surface area contributed by atoms with E-state index in [1.165, 1.54) is 0 Å². The monoisotopic (exact) mass is 462 g/mol. The zero-order valence-corrected chi connectivity index (χ0v) is 18.0. The predicted octanol–water partition coefficient (Wildman–Crippen LogP) is 3.35. The van der Waals surface area contributed by atoms with Crippen LogP contribution >= 0.6 is 11.6 Å². The molecule has 0 spiro atoms. The van der Waals surface area contributed by atoms with Crippen LogP contribution in [0.1, 0.15) is 22.8 Å². The summed E-state index contributed by atoms with van der Waals surface area (Å²) in [4.78, 5) is 25.1. The second-order valence-corrected chi connectivity index (χ2v) is 8.72. The van der Waals surface area contributed by atoms with Crippen LogP contribution in [0, 0.1) is 0 Å². The minimum absolute atomic E-state index is 0.0153. The Balaban J connectivity index is 2.02. The lowest BCUT2D eigenvalue weighted by molar-refractivity contribution is 0.0523. The van der Waals surface area contributed by atoms with Gasteiger partial charge in [0.05, 0.1) is 12.4 Å². The van der Waals surface area contributed by atoms with Crippen molar-refractivity contribution < 1.29 is 22.7 Å². The van der Waals surface area contributed by atoms with E-state index >= 15 is 0 Å². The first-order valence-electron chi connectivity index (χ1n) is 9.12. The Labute approximate surface area is 183 Å². The number of nitrogens with zero attached hydrogens (tertiary/aromatic N) is 2. The highest BCUT2D eigenvalue weighted by molar-refractivity contribution is 7.90. The van der Waals surface area contributed by atoms with Crippen molar-refractivity contribution in [1.29, 1.82) is 0 Å². The topological polar surface area (TPSA) is 133 Å². The SMILES string of the molecule is CCOC(=O)c1c(S(=O)(=O)Cc2ccccc2)nn(C(=O)Nc2ccc(Cl)cc2)c1N. The molecule has 1 heterocycles. The van der Waals surface area contributed by atoms with E-state index in [1.807, 2.05) is 0 Å². The van der Waals surface area contributed by atoms with Crippen LogP contribution in [0.4, 0.5) is 16.3 Å². The molecule has 0 aliphatic carbocycles. The molecule has 0 aliphatic heterocycles. The Morgan fingerprint density at radius 1 is 1.13 bits per heavy atom. The van der Waals surface area contributed by atoms with Crippen molar-refractivity contribution in [3.8, 4) is 0 Å². The Hall–Kier alpha value is -3.37. The van der Waals surface area contributed by atoms with E-state index < -0.39 is 44.0 Å². The number of nitrogens with two attached hydrogens (primary N) is 1. The average molecular weight is 463 g/mol. The van der Waals surface area contributed by atoms with E-state index in [0.29, 0.717) is 21.0 Å². The third-order valence-corrected chi connectivity index (χ3v) is 5.99. The summed E-state index contributed by atoms with van der Waals surface area (Å²) in [6.07, 6.45) is 0. The number of hydrogen-bond acceptors (Lipinski definition) is 7. The van der Waals surface area contributed by atoms with Crippen LogP contribution in [-0.4, -0.2) is 36.8 Å². The van der Waals surface area contributed by atoms with Crippen LogP contribution in [0.25, 0.3) is 0 Å². The molecule has 31 heavy (non-hydrogen) atoms. The van der Waals surface area contributed by atoms with Crippen molar-refractivity contribution in [3.63, 3.8) is 0 Å². The highest BCUT2D eigenvalue weighted by atomic mass is 35.5. The fourth-order valence-electron chi connectivity index (χ4n) is 2.75. The van der Waals surface area contributed by atoms with E-state index in [0.717, 1.165) is 0 Å². The minimum Gasteiger partial charge on any atom is -0.462 e. The molecule has 0 aliphatic rings. The molecule has 11 heteroatoms. The Kier molecular flexibility index (Phi) is 6.62. The first-order chi connectivity index (χ1) is 14.7. The molecule has 2 aromatic carbocycles. The normalized spacial score (nSPS) is 11.2. The molecule has 0 fully saturated rings. The van der Waals surface area contributed by atoms with E-state index in [2.05, 4.69) is 10.4 Å². The van der Waals surface area contributed by atoms with Gasteiger partial charge in [0, 0.05) is 10.7 Å². The molecule has 0 saturated heterocycles. The number of hydrogen-bond donors (Lipinski definition) is 2. The molecular formula is C20H19ClN4O5S. The highest BCUT2D eigenvalue weighted by Gasteiger charge is 2.33. The lowest BCUT2D eigenvalue weighted by Gasteiger charge is -2.06. The average Bonchev–Trinajstić information content (AvgIpc) is 3.09. The van der Waals surface area contributed by atoms with E-state index in [4.69, 9.17) is 22.1 Å². The zero-order valence-electron chi connectivity index (χ0n) is 16.4. The van der Waals surface area contributed by atoms with Gasteiger partial charge in [0.25, 0.3) is 0 Å². The van der Waals surface area contributed by atoms with Crippen LogP contribution in [-0.2, 0) is 20.3 Å². The second kappa shape index (κ2) is 9.19. The van der Waals surface area contributed by atoms with Gasteiger partial charge in [0.1, 0.15) is 11.4 Å². The number of anilines is 2. The summed E-state index contributed by atoms with van der Waals surface area (Å²) in [6.45, 7) is 1.54. The van der Waals surface area contributed by atoms with Gasteiger partial charge in [0.2, 0.25) is 9.84 Å². The van der Waals surface area contributed by atoms with Crippen molar-refractivity contribution in [2.75, 3.05) is 17.7 Å². The standard InChI is InChI=1S/C20H19ClN4O5S/c1-2-30-19(26)16-17(22)25(20(27)23-15-10-8-14(21)9-11-15)24-18(16)31(28,29)12-13-6-4-3-5-7-13/h3-11H,2,12,22H2,1H3,(H,23,27). The third-order valence-electron chi connectivity index (χ3n) is 4.15. The fraction of sp³-hybridized carbons (Fsp3) is 0.150. The van der Waals surface area contributed by atoms with Crippen molar-refractivity contribution in [2.24, 2.45) is 0 Å². The molecule has 1 aromatic heterocycles. The summed E-state index contributed by atoms with van der Waals surface area (Å²) in [5.74, 6) is -1.87. The number of carbonyl (C=O) groups is 2. The van der Waals surface area contributed by atoms with E-state index in [-0.39, 0.29) is 6.61 Å². The lowest BCUT2D eigenvalue weighted by atomic mass is 10.2. The maximum atomic E-state index is 13.0. The van der Waals surface area contributed by atoms with Gasteiger partial charge in [-0.2, -0.15) is 4.68 Å². The molecule has 3 N–H and O–H groups in total. The van der Waals surface area contributed by atoms with Crippen LogP contribution < -0.4 is 11.1 Å². The number of carbonyl (C=O) groups excluding carboxylic acids is 2.